The van der Waals surface area contributed by atoms with Crippen LogP contribution < -0.4 is 5.59 Å². The van der Waals surface area contributed by atoms with Crippen molar-refractivity contribution in [3.63, 3.8) is 0 Å². The van der Waals surface area contributed by atoms with E-state index in [1.807, 2.05) is 0 Å². The maximum Gasteiger partial charge on any atom is 0.203 e. The van der Waals surface area contributed by atoms with E-state index in [2.05, 4.69) is 10.4 Å². The Hall–Kier alpha value is -1.46. The summed E-state index contributed by atoms with van der Waals surface area (Å²) in [5.74, 6) is -0.439. The lowest BCUT2D eigenvalue weighted by molar-refractivity contribution is -0.117. The fourth-order valence-electron chi connectivity index (χ4n) is 0.945. The number of likely N-dealkylation sites (N-methyl/N-ethyl adjacent to an activating group) is 1. The molecule has 0 radical (unpaired) electrons. The lowest BCUT2D eigenvalue weighted by atomic mass is 10.1. The van der Waals surface area contributed by atoms with Crippen LogP contribution in [0.15, 0.2) is 23.9 Å². The molecule has 1 aliphatic rings. The van der Waals surface area contributed by atoms with E-state index >= 15 is 0 Å². The summed E-state index contributed by atoms with van der Waals surface area (Å²) in [6.45, 7) is 0. The Morgan fingerprint density at radius 1 is 1.38 bits per heavy atom. The normalized spacial score (nSPS) is 16.0. The SMILES string of the molecule is CONN(C)C1=CC(=O)C=CC1=O. The van der Waals surface area contributed by atoms with Gasteiger partial charge in [-0.2, -0.15) is 0 Å². The number of nitrogens with zero attached hydrogens (tertiary/aromatic N) is 1. The van der Waals surface area contributed by atoms with Gasteiger partial charge in [-0.05, 0) is 12.2 Å². The highest BCUT2D eigenvalue weighted by Gasteiger charge is 2.16. The van der Waals surface area contributed by atoms with Crippen molar-refractivity contribution in [1.29, 1.82) is 0 Å². The molecule has 0 heterocycles. The highest BCUT2D eigenvalue weighted by molar-refractivity contribution is 6.16. The van der Waals surface area contributed by atoms with Crippen LogP contribution in [-0.4, -0.2) is 30.7 Å². The van der Waals surface area contributed by atoms with Crippen molar-refractivity contribution >= 4 is 11.6 Å². The molecular formula is C8H10N2O3. The molecule has 0 fully saturated rings. The average molecular weight is 182 g/mol. The van der Waals surface area contributed by atoms with Crippen molar-refractivity contribution in [2.45, 2.75) is 0 Å². The molecule has 0 aromatic heterocycles. The summed E-state index contributed by atoms with van der Waals surface area (Å²) in [7, 11) is 3.00. The van der Waals surface area contributed by atoms with Gasteiger partial charge >= 0.3 is 0 Å². The molecular weight excluding hydrogens is 172 g/mol. The molecule has 1 aliphatic carbocycles. The van der Waals surface area contributed by atoms with E-state index in [1.54, 1.807) is 7.05 Å². The Morgan fingerprint density at radius 2 is 2.08 bits per heavy atom. The van der Waals surface area contributed by atoms with Gasteiger partial charge in [-0.3, -0.25) is 19.4 Å². The molecule has 1 N–H and O–H groups in total. The molecule has 0 saturated carbocycles. The van der Waals surface area contributed by atoms with Crippen molar-refractivity contribution < 1.29 is 14.4 Å². The van der Waals surface area contributed by atoms with Crippen molar-refractivity contribution in [1.82, 2.24) is 10.6 Å². The predicted molar refractivity (Wildman–Crippen MR) is 45.1 cm³/mol. The fourth-order valence-corrected chi connectivity index (χ4v) is 0.945. The van der Waals surface area contributed by atoms with Crippen LogP contribution in [-0.2, 0) is 14.4 Å². The van der Waals surface area contributed by atoms with Gasteiger partial charge in [-0.25, -0.2) is 0 Å². The summed E-state index contributed by atoms with van der Waals surface area (Å²) in [5.41, 5.74) is 2.68. The molecule has 0 saturated heterocycles. The van der Waals surface area contributed by atoms with Crippen molar-refractivity contribution in [3.05, 3.63) is 23.9 Å². The summed E-state index contributed by atoms with van der Waals surface area (Å²) in [4.78, 5) is 26.7. The summed E-state index contributed by atoms with van der Waals surface area (Å²) in [6.07, 6.45) is 3.70. The zero-order valence-electron chi connectivity index (χ0n) is 7.40. The molecule has 0 spiro atoms. The third-order valence-corrected chi connectivity index (χ3v) is 1.52. The van der Waals surface area contributed by atoms with Gasteiger partial charge in [0.1, 0.15) is 5.70 Å². The molecule has 0 atom stereocenters. The summed E-state index contributed by atoms with van der Waals surface area (Å²) < 4.78 is 0. The van der Waals surface area contributed by atoms with E-state index in [4.69, 9.17) is 0 Å². The lowest BCUT2D eigenvalue weighted by Crippen LogP contribution is -2.36. The molecule has 5 heteroatoms. The fraction of sp³-hybridized carbons (Fsp3) is 0.250. The molecule has 0 bridgehead atoms. The van der Waals surface area contributed by atoms with Gasteiger partial charge in [0.05, 0.1) is 7.11 Å². The van der Waals surface area contributed by atoms with E-state index in [-0.39, 0.29) is 17.3 Å². The van der Waals surface area contributed by atoms with Crippen molar-refractivity contribution in [2.24, 2.45) is 0 Å². The smallest absolute Gasteiger partial charge is 0.203 e. The second-order valence-corrected chi connectivity index (χ2v) is 2.48. The molecule has 0 amide bonds. The van der Waals surface area contributed by atoms with Crippen LogP contribution in [0.4, 0.5) is 0 Å². The Balaban J connectivity index is 2.78. The molecule has 1 rings (SSSR count). The predicted octanol–water partition coefficient (Wildman–Crippen LogP) is -0.424. The monoisotopic (exact) mass is 182 g/mol. The zero-order valence-corrected chi connectivity index (χ0v) is 7.40. The first kappa shape index (κ1) is 9.63. The van der Waals surface area contributed by atoms with Gasteiger partial charge in [0.2, 0.25) is 5.78 Å². The van der Waals surface area contributed by atoms with Gasteiger partial charge < -0.3 is 0 Å². The molecule has 13 heavy (non-hydrogen) atoms. The Kier molecular flexibility index (Phi) is 2.94. The number of hydrogen-bond acceptors (Lipinski definition) is 5. The van der Waals surface area contributed by atoms with E-state index in [1.165, 1.54) is 30.3 Å². The highest BCUT2D eigenvalue weighted by atomic mass is 16.7. The van der Waals surface area contributed by atoms with Crippen LogP contribution in [0.5, 0.6) is 0 Å². The number of hydrazine groups is 1. The van der Waals surface area contributed by atoms with Gasteiger partial charge in [-0.15, -0.1) is 5.59 Å². The molecule has 0 aliphatic heterocycles. The summed E-state index contributed by atoms with van der Waals surface area (Å²) >= 11 is 0. The first-order valence-corrected chi connectivity index (χ1v) is 3.65. The highest BCUT2D eigenvalue weighted by Crippen LogP contribution is 2.06. The number of carbonyl (C=O) groups is 2. The minimum absolute atomic E-state index is 0.209. The van der Waals surface area contributed by atoms with Crippen molar-refractivity contribution in [2.75, 3.05) is 14.2 Å². The number of hydrogen-bond donors (Lipinski definition) is 1. The minimum Gasteiger partial charge on any atom is -0.290 e. The van der Waals surface area contributed by atoms with Gasteiger partial charge in [0, 0.05) is 13.1 Å². The van der Waals surface area contributed by atoms with Gasteiger partial charge in [-0.1, -0.05) is 0 Å². The minimum atomic E-state index is -0.230. The zero-order chi connectivity index (χ0) is 9.84. The lowest BCUT2D eigenvalue weighted by Gasteiger charge is -2.20. The number of ketones is 2. The second kappa shape index (κ2) is 3.97. The topological polar surface area (TPSA) is 58.6 Å². The Labute approximate surface area is 75.6 Å². The maximum absolute atomic E-state index is 11.2. The molecule has 70 valence electrons. The van der Waals surface area contributed by atoms with Crippen LogP contribution in [0.25, 0.3) is 0 Å². The van der Waals surface area contributed by atoms with Crippen LogP contribution in [0.2, 0.25) is 0 Å². The van der Waals surface area contributed by atoms with E-state index < -0.39 is 0 Å². The van der Waals surface area contributed by atoms with Crippen LogP contribution in [0.3, 0.4) is 0 Å². The second-order valence-electron chi connectivity index (χ2n) is 2.48. The van der Waals surface area contributed by atoms with Gasteiger partial charge in [0.25, 0.3) is 0 Å². The molecule has 0 aromatic carbocycles. The van der Waals surface area contributed by atoms with Crippen LogP contribution in [0, 0.1) is 0 Å². The maximum atomic E-state index is 11.2. The summed E-state index contributed by atoms with van der Waals surface area (Å²) in [5, 5.41) is 1.34. The molecule has 0 unspecified atom stereocenters. The third-order valence-electron chi connectivity index (χ3n) is 1.52. The average Bonchev–Trinajstić information content (AvgIpc) is 2.09. The standard InChI is InChI=1S/C8H10N2O3/c1-10(9-13-2)7-5-6(11)3-4-8(7)12/h3-5,9H,1-2H3. The third kappa shape index (κ3) is 2.24. The summed E-state index contributed by atoms with van der Waals surface area (Å²) in [6, 6.07) is 0. The Bertz CT molecular complexity index is 294. The van der Waals surface area contributed by atoms with Crippen molar-refractivity contribution in [3.8, 4) is 0 Å². The van der Waals surface area contributed by atoms with E-state index in [0.717, 1.165) is 0 Å². The number of allylic oxidation sites excluding steroid dienone is 3. The number of nitrogens with one attached hydrogen (secondary N) is 1. The first-order valence-electron chi connectivity index (χ1n) is 3.65. The molecule has 5 nitrogen and oxygen atoms in total. The number of rotatable bonds is 3. The van der Waals surface area contributed by atoms with Gasteiger partial charge in [0.15, 0.2) is 5.78 Å². The Morgan fingerprint density at radius 3 is 2.69 bits per heavy atom. The van der Waals surface area contributed by atoms with E-state index in [0.29, 0.717) is 0 Å². The number of carbonyl (C=O) groups excluding carboxylic acids is 2. The van der Waals surface area contributed by atoms with Crippen LogP contribution in [0.1, 0.15) is 0 Å². The largest absolute Gasteiger partial charge is 0.290 e. The quantitative estimate of drug-likeness (QED) is 0.474. The van der Waals surface area contributed by atoms with Crippen LogP contribution >= 0.6 is 0 Å². The van der Waals surface area contributed by atoms with E-state index in [9.17, 15) is 9.59 Å². The molecule has 0 aromatic rings. The first-order chi connectivity index (χ1) is 6.15.